The lowest BCUT2D eigenvalue weighted by atomic mass is 9.96. The molecule has 0 radical (unpaired) electrons. The molecule has 5 heteroatoms. The number of carbonyl (C=O) groups is 2. The zero-order valence-corrected chi connectivity index (χ0v) is 14.9. The molecule has 0 bridgehead atoms. The summed E-state index contributed by atoms with van der Waals surface area (Å²) < 4.78 is 5.40. The summed E-state index contributed by atoms with van der Waals surface area (Å²) in [6, 6.07) is 0. The summed E-state index contributed by atoms with van der Waals surface area (Å²) in [5, 5.41) is 0. The van der Waals surface area contributed by atoms with E-state index in [9.17, 15) is 9.59 Å². The number of amides is 2. The monoisotopic (exact) mass is 312 g/mol. The van der Waals surface area contributed by atoms with Crippen LogP contribution in [-0.4, -0.2) is 54.1 Å². The van der Waals surface area contributed by atoms with Gasteiger partial charge in [0.1, 0.15) is 5.60 Å². The van der Waals surface area contributed by atoms with Crippen LogP contribution in [0.5, 0.6) is 0 Å². The van der Waals surface area contributed by atoms with Crippen LogP contribution in [-0.2, 0) is 9.53 Å². The van der Waals surface area contributed by atoms with Crippen molar-refractivity contribution < 1.29 is 14.3 Å². The Bertz CT molecular complexity index is 369. The van der Waals surface area contributed by atoms with E-state index in [-0.39, 0.29) is 12.0 Å². The van der Waals surface area contributed by atoms with Crippen molar-refractivity contribution in [3.8, 4) is 0 Å². The highest BCUT2D eigenvalue weighted by atomic mass is 16.6. The molecule has 0 aromatic heterocycles. The Balaban J connectivity index is 2.33. The summed E-state index contributed by atoms with van der Waals surface area (Å²) in [6.07, 6.45) is 4.30. The molecule has 1 aliphatic heterocycles. The molecular weight excluding hydrogens is 280 g/mol. The second-order valence-corrected chi connectivity index (χ2v) is 7.29. The van der Waals surface area contributed by atoms with Crippen molar-refractivity contribution in [2.24, 2.45) is 5.92 Å². The quantitative estimate of drug-likeness (QED) is 0.783. The molecule has 22 heavy (non-hydrogen) atoms. The SMILES string of the molecule is CCCCC(=O)N(C)CC1CCN(C(=O)OC(C)(C)C)CC1. The molecule has 1 heterocycles. The van der Waals surface area contributed by atoms with Crippen molar-refractivity contribution in [3.63, 3.8) is 0 Å². The van der Waals surface area contributed by atoms with E-state index in [2.05, 4.69) is 6.92 Å². The number of likely N-dealkylation sites (tertiary alicyclic amines) is 1. The Morgan fingerprint density at radius 1 is 1.23 bits per heavy atom. The Morgan fingerprint density at radius 2 is 1.82 bits per heavy atom. The Kier molecular flexibility index (Phi) is 7.17. The van der Waals surface area contributed by atoms with Crippen LogP contribution < -0.4 is 0 Å². The summed E-state index contributed by atoms with van der Waals surface area (Å²) in [4.78, 5) is 27.6. The number of nitrogens with zero attached hydrogens (tertiary/aromatic N) is 2. The predicted molar refractivity (Wildman–Crippen MR) is 87.7 cm³/mol. The smallest absolute Gasteiger partial charge is 0.410 e. The minimum Gasteiger partial charge on any atom is -0.444 e. The average molecular weight is 312 g/mol. The van der Waals surface area contributed by atoms with Crippen LogP contribution in [0.25, 0.3) is 0 Å². The van der Waals surface area contributed by atoms with Gasteiger partial charge in [-0.3, -0.25) is 4.79 Å². The van der Waals surface area contributed by atoms with Gasteiger partial charge in [0.25, 0.3) is 0 Å². The lowest BCUT2D eigenvalue weighted by Gasteiger charge is -2.34. The molecule has 0 aliphatic carbocycles. The van der Waals surface area contributed by atoms with Crippen molar-refractivity contribution >= 4 is 12.0 Å². The van der Waals surface area contributed by atoms with Crippen LogP contribution in [0.2, 0.25) is 0 Å². The summed E-state index contributed by atoms with van der Waals surface area (Å²) in [7, 11) is 1.89. The third-order valence-electron chi connectivity index (χ3n) is 3.97. The molecule has 1 fully saturated rings. The van der Waals surface area contributed by atoms with Gasteiger partial charge < -0.3 is 14.5 Å². The minimum absolute atomic E-state index is 0.224. The summed E-state index contributed by atoms with van der Waals surface area (Å²) in [6.45, 7) is 9.98. The van der Waals surface area contributed by atoms with Gasteiger partial charge >= 0.3 is 6.09 Å². The fourth-order valence-electron chi connectivity index (χ4n) is 2.63. The summed E-state index contributed by atoms with van der Waals surface area (Å²) in [5.74, 6) is 0.714. The fraction of sp³-hybridized carbons (Fsp3) is 0.882. The molecule has 0 aromatic rings. The summed E-state index contributed by atoms with van der Waals surface area (Å²) in [5.41, 5.74) is -0.445. The Hall–Kier alpha value is -1.26. The predicted octanol–water partition coefficient (Wildman–Crippen LogP) is 3.28. The Labute approximate surface area is 135 Å². The van der Waals surface area contributed by atoms with Crippen molar-refractivity contribution in [1.82, 2.24) is 9.80 Å². The highest BCUT2D eigenvalue weighted by molar-refractivity contribution is 5.75. The molecule has 0 atom stereocenters. The van der Waals surface area contributed by atoms with E-state index in [0.29, 0.717) is 12.3 Å². The van der Waals surface area contributed by atoms with Gasteiger partial charge in [-0.15, -0.1) is 0 Å². The maximum Gasteiger partial charge on any atom is 0.410 e. The van der Waals surface area contributed by atoms with Gasteiger partial charge in [-0.2, -0.15) is 0 Å². The van der Waals surface area contributed by atoms with E-state index in [0.717, 1.165) is 45.3 Å². The molecule has 0 spiro atoms. The summed E-state index contributed by atoms with van der Waals surface area (Å²) >= 11 is 0. The number of hydrogen-bond donors (Lipinski definition) is 0. The van der Waals surface area contributed by atoms with Crippen molar-refractivity contribution in [2.75, 3.05) is 26.7 Å². The van der Waals surface area contributed by atoms with Gasteiger partial charge in [-0.1, -0.05) is 13.3 Å². The molecule has 5 nitrogen and oxygen atoms in total. The second-order valence-electron chi connectivity index (χ2n) is 7.29. The number of piperidine rings is 1. The normalized spacial score (nSPS) is 16.5. The molecule has 0 aromatic carbocycles. The second kappa shape index (κ2) is 8.39. The topological polar surface area (TPSA) is 49.9 Å². The van der Waals surface area contributed by atoms with Gasteiger partial charge in [0.05, 0.1) is 0 Å². The standard InChI is InChI=1S/C17H32N2O3/c1-6-7-8-15(20)18(5)13-14-9-11-19(12-10-14)16(21)22-17(2,3)4/h14H,6-13H2,1-5H3. The maximum atomic E-state index is 12.0. The molecule has 1 aliphatic rings. The number of carbonyl (C=O) groups excluding carboxylic acids is 2. The molecule has 0 saturated carbocycles. The number of ether oxygens (including phenoxy) is 1. The largest absolute Gasteiger partial charge is 0.444 e. The third kappa shape index (κ3) is 6.67. The molecule has 0 N–H and O–H groups in total. The van der Waals surface area contributed by atoms with Crippen LogP contribution in [0.1, 0.15) is 59.8 Å². The lowest BCUT2D eigenvalue weighted by molar-refractivity contribution is -0.130. The van der Waals surface area contributed by atoms with Crippen molar-refractivity contribution in [2.45, 2.75) is 65.4 Å². The van der Waals surface area contributed by atoms with Gasteiger partial charge in [-0.25, -0.2) is 4.79 Å². The van der Waals surface area contributed by atoms with Gasteiger partial charge in [0.2, 0.25) is 5.91 Å². The van der Waals surface area contributed by atoms with Gasteiger partial charge in [-0.05, 0) is 46.0 Å². The highest BCUT2D eigenvalue weighted by Gasteiger charge is 2.27. The number of rotatable bonds is 5. The molecule has 2 amide bonds. The highest BCUT2D eigenvalue weighted by Crippen LogP contribution is 2.20. The lowest BCUT2D eigenvalue weighted by Crippen LogP contribution is -2.44. The molecule has 0 unspecified atom stereocenters. The maximum absolute atomic E-state index is 12.0. The Morgan fingerprint density at radius 3 is 2.32 bits per heavy atom. The van der Waals surface area contributed by atoms with Crippen LogP contribution >= 0.6 is 0 Å². The van der Waals surface area contributed by atoms with Crippen LogP contribution in [0.4, 0.5) is 4.79 Å². The fourth-order valence-corrected chi connectivity index (χ4v) is 2.63. The minimum atomic E-state index is -0.445. The van der Waals surface area contributed by atoms with Gasteiger partial charge in [0, 0.05) is 33.1 Å². The number of hydrogen-bond acceptors (Lipinski definition) is 3. The van der Waals surface area contributed by atoms with Crippen LogP contribution in [0, 0.1) is 5.92 Å². The molecule has 1 rings (SSSR count). The van der Waals surface area contributed by atoms with E-state index in [1.54, 1.807) is 4.90 Å². The number of unbranched alkanes of at least 4 members (excludes halogenated alkanes) is 1. The zero-order chi connectivity index (χ0) is 16.8. The molecule has 1 saturated heterocycles. The van der Waals surface area contributed by atoms with E-state index >= 15 is 0 Å². The van der Waals surface area contributed by atoms with Gasteiger partial charge in [0.15, 0.2) is 0 Å². The van der Waals surface area contributed by atoms with E-state index in [1.807, 2.05) is 32.7 Å². The molecular formula is C17H32N2O3. The van der Waals surface area contributed by atoms with E-state index < -0.39 is 5.60 Å². The van der Waals surface area contributed by atoms with Crippen LogP contribution in [0.15, 0.2) is 0 Å². The first-order valence-electron chi connectivity index (χ1n) is 8.45. The zero-order valence-electron chi connectivity index (χ0n) is 14.9. The first-order valence-corrected chi connectivity index (χ1v) is 8.45. The average Bonchev–Trinajstić information content (AvgIpc) is 2.43. The van der Waals surface area contributed by atoms with E-state index in [1.165, 1.54) is 0 Å². The first kappa shape index (κ1) is 18.8. The first-order chi connectivity index (χ1) is 10.2. The van der Waals surface area contributed by atoms with Crippen LogP contribution in [0.3, 0.4) is 0 Å². The van der Waals surface area contributed by atoms with Crippen molar-refractivity contribution in [1.29, 1.82) is 0 Å². The van der Waals surface area contributed by atoms with E-state index in [4.69, 9.17) is 4.74 Å². The molecule has 128 valence electrons. The third-order valence-corrected chi connectivity index (χ3v) is 3.97. The van der Waals surface area contributed by atoms with Crippen molar-refractivity contribution in [3.05, 3.63) is 0 Å².